The maximum atomic E-state index is 13.2. The smallest absolute Gasteiger partial charge is 0.125 e. The van der Waals surface area contributed by atoms with Gasteiger partial charge in [0.2, 0.25) is 0 Å². The Bertz CT molecular complexity index is 203. The minimum atomic E-state index is -0.779. The summed E-state index contributed by atoms with van der Waals surface area (Å²) in [4.78, 5) is 0. The minimum absolute atomic E-state index is 0.0535. The summed E-state index contributed by atoms with van der Waals surface area (Å²) >= 11 is 0. The van der Waals surface area contributed by atoms with Gasteiger partial charge in [0.25, 0.3) is 0 Å². The van der Waals surface area contributed by atoms with E-state index in [0.29, 0.717) is 5.92 Å². The second-order valence-corrected chi connectivity index (χ2v) is 3.64. The monoisotopic (exact) mass is 168 g/mol. The molecule has 0 heterocycles. The summed E-state index contributed by atoms with van der Waals surface area (Å²) < 4.78 is 13.2. The fourth-order valence-electron chi connectivity index (χ4n) is 1.32. The lowest BCUT2D eigenvalue weighted by molar-refractivity contribution is 0.330. The molecule has 0 fully saturated rings. The Morgan fingerprint density at radius 3 is 2.75 bits per heavy atom. The Morgan fingerprint density at radius 2 is 2.25 bits per heavy atom. The van der Waals surface area contributed by atoms with E-state index in [1.165, 1.54) is 0 Å². The van der Waals surface area contributed by atoms with Crippen molar-refractivity contribution in [3.05, 3.63) is 23.8 Å². The maximum Gasteiger partial charge on any atom is 0.125 e. The SMILES string of the molecule is CCC(C)C1=CC(F)C(C)C=C1. The van der Waals surface area contributed by atoms with Crippen LogP contribution in [0.4, 0.5) is 4.39 Å². The van der Waals surface area contributed by atoms with Crippen molar-refractivity contribution in [1.29, 1.82) is 0 Å². The molecule has 0 bridgehead atoms. The lowest BCUT2D eigenvalue weighted by atomic mass is 9.89. The summed E-state index contributed by atoms with van der Waals surface area (Å²) in [7, 11) is 0. The summed E-state index contributed by atoms with van der Waals surface area (Å²) in [5, 5.41) is 0. The molecule has 0 nitrogen and oxygen atoms in total. The van der Waals surface area contributed by atoms with Gasteiger partial charge in [-0.15, -0.1) is 0 Å². The van der Waals surface area contributed by atoms with Crippen molar-refractivity contribution in [1.82, 2.24) is 0 Å². The van der Waals surface area contributed by atoms with Gasteiger partial charge in [-0.1, -0.05) is 32.9 Å². The minimum Gasteiger partial charge on any atom is -0.242 e. The molecular formula is C11H17F. The van der Waals surface area contributed by atoms with Crippen molar-refractivity contribution in [2.45, 2.75) is 33.4 Å². The first-order valence-electron chi connectivity index (χ1n) is 4.69. The quantitative estimate of drug-likeness (QED) is 0.592. The molecule has 3 atom stereocenters. The van der Waals surface area contributed by atoms with Crippen LogP contribution in [0.5, 0.6) is 0 Å². The van der Waals surface area contributed by atoms with Crippen LogP contribution in [0.25, 0.3) is 0 Å². The third-order valence-corrected chi connectivity index (χ3v) is 2.63. The zero-order chi connectivity index (χ0) is 9.14. The summed E-state index contributed by atoms with van der Waals surface area (Å²) in [6, 6.07) is 0. The maximum absolute atomic E-state index is 13.2. The average Bonchev–Trinajstić information content (AvgIpc) is 2.08. The predicted molar refractivity (Wildman–Crippen MR) is 50.7 cm³/mol. The fourth-order valence-corrected chi connectivity index (χ4v) is 1.32. The largest absolute Gasteiger partial charge is 0.242 e. The number of rotatable bonds is 2. The van der Waals surface area contributed by atoms with Crippen LogP contribution in [0, 0.1) is 11.8 Å². The van der Waals surface area contributed by atoms with Gasteiger partial charge < -0.3 is 0 Å². The third-order valence-electron chi connectivity index (χ3n) is 2.63. The van der Waals surface area contributed by atoms with Crippen molar-refractivity contribution in [2.24, 2.45) is 11.8 Å². The van der Waals surface area contributed by atoms with E-state index in [4.69, 9.17) is 0 Å². The topological polar surface area (TPSA) is 0 Å². The van der Waals surface area contributed by atoms with Gasteiger partial charge in [-0.05, 0) is 24.0 Å². The molecule has 0 aliphatic heterocycles. The molecule has 0 saturated carbocycles. The summed E-state index contributed by atoms with van der Waals surface area (Å²) in [5.41, 5.74) is 1.16. The number of hydrogen-bond acceptors (Lipinski definition) is 0. The molecule has 0 aromatic rings. The second-order valence-electron chi connectivity index (χ2n) is 3.64. The molecule has 1 rings (SSSR count). The van der Waals surface area contributed by atoms with Crippen molar-refractivity contribution >= 4 is 0 Å². The van der Waals surface area contributed by atoms with Crippen LogP contribution in [0.15, 0.2) is 23.8 Å². The number of hydrogen-bond donors (Lipinski definition) is 0. The molecule has 0 radical (unpaired) electrons. The van der Waals surface area contributed by atoms with E-state index in [2.05, 4.69) is 19.9 Å². The highest BCUT2D eigenvalue weighted by atomic mass is 19.1. The molecule has 0 aromatic heterocycles. The Morgan fingerprint density at radius 1 is 1.58 bits per heavy atom. The molecule has 0 amide bonds. The highest BCUT2D eigenvalue weighted by Gasteiger charge is 2.17. The first kappa shape index (κ1) is 9.50. The summed E-state index contributed by atoms with van der Waals surface area (Å²) in [5.74, 6) is 0.546. The van der Waals surface area contributed by atoms with Crippen LogP contribution in [0.1, 0.15) is 27.2 Å². The Balaban J connectivity index is 2.69. The number of allylic oxidation sites excluding steroid dienone is 4. The molecule has 0 N–H and O–H groups in total. The molecule has 0 spiro atoms. The van der Waals surface area contributed by atoms with Crippen LogP contribution in [0.3, 0.4) is 0 Å². The van der Waals surface area contributed by atoms with E-state index in [-0.39, 0.29) is 5.92 Å². The standard InChI is InChI=1S/C11H17F/c1-4-8(2)10-6-5-9(3)11(12)7-10/h5-9,11H,4H2,1-3H3. The molecule has 1 aliphatic rings. The molecular weight excluding hydrogens is 151 g/mol. The van der Waals surface area contributed by atoms with Crippen LogP contribution in [-0.2, 0) is 0 Å². The van der Waals surface area contributed by atoms with Crippen molar-refractivity contribution in [3.63, 3.8) is 0 Å². The first-order valence-corrected chi connectivity index (χ1v) is 4.69. The van der Waals surface area contributed by atoms with Gasteiger partial charge in [0.15, 0.2) is 0 Å². The van der Waals surface area contributed by atoms with E-state index >= 15 is 0 Å². The molecule has 1 heteroatoms. The molecule has 68 valence electrons. The third kappa shape index (κ3) is 1.96. The zero-order valence-electron chi connectivity index (χ0n) is 8.05. The highest BCUT2D eigenvalue weighted by Crippen LogP contribution is 2.25. The van der Waals surface area contributed by atoms with Crippen LogP contribution >= 0.6 is 0 Å². The van der Waals surface area contributed by atoms with Gasteiger partial charge in [-0.3, -0.25) is 0 Å². The first-order chi connectivity index (χ1) is 5.65. The average molecular weight is 168 g/mol. The van der Waals surface area contributed by atoms with Gasteiger partial charge in [-0.25, -0.2) is 4.39 Å². The molecule has 0 aromatic carbocycles. The van der Waals surface area contributed by atoms with Gasteiger partial charge in [0.1, 0.15) is 6.17 Å². The normalized spacial score (nSPS) is 31.5. The lowest BCUT2D eigenvalue weighted by Gasteiger charge is -2.19. The zero-order valence-corrected chi connectivity index (χ0v) is 8.05. The molecule has 12 heavy (non-hydrogen) atoms. The molecule has 1 aliphatic carbocycles. The van der Waals surface area contributed by atoms with Crippen molar-refractivity contribution in [3.8, 4) is 0 Å². The van der Waals surface area contributed by atoms with Gasteiger partial charge in [0.05, 0.1) is 0 Å². The Labute approximate surface area is 74.2 Å². The van der Waals surface area contributed by atoms with E-state index in [1.807, 2.05) is 13.0 Å². The summed E-state index contributed by atoms with van der Waals surface area (Å²) in [6.07, 6.45) is 6.09. The molecule has 3 unspecified atom stereocenters. The Hall–Kier alpha value is -0.590. The fraction of sp³-hybridized carbons (Fsp3) is 0.636. The van der Waals surface area contributed by atoms with Gasteiger partial charge >= 0.3 is 0 Å². The lowest BCUT2D eigenvalue weighted by Crippen LogP contribution is -2.13. The van der Waals surface area contributed by atoms with E-state index < -0.39 is 6.17 Å². The predicted octanol–water partition coefficient (Wildman–Crippen LogP) is 3.50. The number of halogens is 1. The van der Waals surface area contributed by atoms with Gasteiger partial charge in [0, 0.05) is 5.92 Å². The van der Waals surface area contributed by atoms with Gasteiger partial charge in [-0.2, -0.15) is 0 Å². The molecule has 0 saturated heterocycles. The van der Waals surface area contributed by atoms with Crippen LogP contribution < -0.4 is 0 Å². The van der Waals surface area contributed by atoms with Crippen molar-refractivity contribution < 1.29 is 4.39 Å². The van der Waals surface area contributed by atoms with Crippen LogP contribution in [0.2, 0.25) is 0 Å². The van der Waals surface area contributed by atoms with Crippen LogP contribution in [-0.4, -0.2) is 6.17 Å². The highest BCUT2D eigenvalue weighted by molar-refractivity contribution is 5.27. The van der Waals surface area contributed by atoms with E-state index in [9.17, 15) is 4.39 Å². The Kier molecular flexibility index (Phi) is 3.07. The van der Waals surface area contributed by atoms with E-state index in [1.54, 1.807) is 6.08 Å². The number of alkyl halides is 1. The van der Waals surface area contributed by atoms with E-state index in [0.717, 1.165) is 12.0 Å². The second kappa shape index (κ2) is 3.88. The summed E-state index contributed by atoms with van der Waals surface area (Å²) in [6.45, 7) is 6.18. The van der Waals surface area contributed by atoms with Crippen molar-refractivity contribution in [2.75, 3.05) is 0 Å².